The first kappa shape index (κ1) is 20.6. The van der Waals surface area contributed by atoms with Crippen molar-refractivity contribution < 1.29 is 31.6 Å². The monoisotopic (exact) mass is 425 g/mol. The molecule has 0 bridgehead atoms. The molecule has 0 radical (unpaired) electrons. The highest BCUT2D eigenvalue weighted by Gasteiger charge is 2.50. The van der Waals surface area contributed by atoms with Crippen LogP contribution < -0.4 is 4.74 Å². The summed E-state index contributed by atoms with van der Waals surface area (Å²) >= 11 is 0. The van der Waals surface area contributed by atoms with Gasteiger partial charge in [-0.05, 0) is 24.3 Å². The summed E-state index contributed by atoms with van der Waals surface area (Å²) in [6.07, 6.45) is -2.26. The van der Waals surface area contributed by atoms with Crippen LogP contribution in [0.1, 0.15) is 22.8 Å². The highest BCUT2D eigenvalue weighted by molar-refractivity contribution is 7.93. The second kappa shape index (κ2) is 7.35. The number of nitrogens with zero attached hydrogens (tertiary/aromatic N) is 3. The average molecular weight is 425 g/mol. The molecule has 0 fully saturated rings. The molecule has 2 aromatic rings. The standard InChI is InChI=1S/C18H11F4N3O3S/c19-8-29(27,25-9-24)15-2-1-14(13-6-18(21,22)17(26)16(13)15)28-12-4-10(7-23)3-11(20)5-12/h1-5,17,26H,6,8H2. The van der Waals surface area contributed by atoms with E-state index in [0.717, 1.165) is 24.3 Å². The largest absolute Gasteiger partial charge is 0.457 e. The number of halogens is 4. The second-order valence-electron chi connectivity index (χ2n) is 6.12. The molecule has 0 amide bonds. The maximum Gasteiger partial charge on any atom is 0.281 e. The first-order chi connectivity index (χ1) is 13.6. The molecule has 0 saturated carbocycles. The van der Waals surface area contributed by atoms with Crippen molar-refractivity contribution in [3.63, 3.8) is 0 Å². The summed E-state index contributed by atoms with van der Waals surface area (Å²) in [5, 5.41) is 27.6. The van der Waals surface area contributed by atoms with Crippen LogP contribution in [0.4, 0.5) is 17.6 Å². The lowest BCUT2D eigenvalue weighted by molar-refractivity contribution is -0.0976. The van der Waals surface area contributed by atoms with Gasteiger partial charge >= 0.3 is 0 Å². The van der Waals surface area contributed by atoms with Crippen LogP contribution in [-0.4, -0.2) is 21.2 Å². The van der Waals surface area contributed by atoms with E-state index in [2.05, 4.69) is 4.36 Å². The predicted molar refractivity (Wildman–Crippen MR) is 91.7 cm³/mol. The number of hydrogen-bond acceptors (Lipinski definition) is 6. The molecule has 0 aliphatic heterocycles. The van der Waals surface area contributed by atoms with Gasteiger partial charge < -0.3 is 9.84 Å². The molecule has 0 spiro atoms. The number of benzene rings is 2. The van der Waals surface area contributed by atoms with E-state index in [1.807, 2.05) is 0 Å². The van der Waals surface area contributed by atoms with Gasteiger partial charge in [-0.2, -0.15) is 10.5 Å². The SMILES string of the molecule is N#CN=S(=O)(CF)c1ccc(Oc2cc(F)cc(C#N)c2)c2c1C(O)C(F)(F)C2. The van der Waals surface area contributed by atoms with Crippen LogP contribution in [0.2, 0.25) is 0 Å². The zero-order chi connectivity index (χ0) is 21.4. The number of alkyl halides is 3. The molecule has 1 N–H and O–H groups in total. The summed E-state index contributed by atoms with van der Waals surface area (Å²) in [7, 11) is -4.03. The van der Waals surface area contributed by atoms with Crippen molar-refractivity contribution in [2.75, 3.05) is 6.01 Å². The van der Waals surface area contributed by atoms with E-state index in [1.165, 1.54) is 12.3 Å². The minimum atomic E-state index is -4.03. The number of aliphatic hydroxyl groups is 1. The molecule has 0 saturated heterocycles. The van der Waals surface area contributed by atoms with E-state index in [-0.39, 0.29) is 22.6 Å². The predicted octanol–water partition coefficient (Wildman–Crippen LogP) is 3.95. The highest BCUT2D eigenvalue weighted by atomic mass is 32.2. The van der Waals surface area contributed by atoms with Crippen molar-refractivity contribution in [3.8, 4) is 23.8 Å². The summed E-state index contributed by atoms with van der Waals surface area (Å²) in [6.45, 7) is 0. The number of aliphatic hydroxyl groups excluding tert-OH is 1. The van der Waals surface area contributed by atoms with Crippen molar-refractivity contribution in [1.29, 1.82) is 10.5 Å². The van der Waals surface area contributed by atoms with Crippen molar-refractivity contribution in [2.45, 2.75) is 23.3 Å². The van der Waals surface area contributed by atoms with Crippen molar-refractivity contribution in [1.82, 2.24) is 0 Å². The summed E-state index contributed by atoms with van der Waals surface area (Å²) in [5.74, 6) is -4.88. The molecule has 0 heterocycles. The number of fused-ring (bicyclic) bond motifs is 1. The third-order valence-corrected chi connectivity index (χ3v) is 5.98. The first-order valence-electron chi connectivity index (χ1n) is 7.94. The summed E-state index contributed by atoms with van der Waals surface area (Å²) in [4.78, 5) is -0.537. The molecule has 1 aliphatic rings. The Morgan fingerprint density at radius 1 is 1.31 bits per heavy atom. The molecule has 1 aliphatic carbocycles. The molecule has 150 valence electrons. The average Bonchev–Trinajstić information content (AvgIpc) is 2.91. The van der Waals surface area contributed by atoms with Crippen molar-refractivity contribution >= 4 is 9.73 Å². The maximum atomic E-state index is 14.2. The first-order valence-corrected chi connectivity index (χ1v) is 9.62. The lowest BCUT2D eigenvalue weighted by Gasteiger charge is -2.17. The normalized spacial score (nSPS) is 18.8. The van der Waals surface area contributed by atoms with E-state index >= 15 is 0 Å². The van der Waals surface area contributed by atoms with Gasteiger partial charge in [-0.25, -0.2) is 21.8 Å². The van der Waals surface area contributed by atoms with Gasteiger partial charge in [-0.3, -0.25) is 0 Å². The Morgan fingerprint density at radius 3 is 2.66 bits per heavy atom. The molecule has 11 heteroatoms. The number of ether oxygens (including phenoxy) is 1. The maximum absolute atomic E-state index is 14.2. The quantitative estimate of drug-likeness (QED) is 0.590. The van der Waals surface area contributed by atoms with Crippen LogP contribution in [0.15, 0.2) is 39.6 Å². The number of rotatable bonds is 4. The molecule has 29 heavy (non-hydrogen) atoms. The fourth-order valence-corrected chi connectivity index (χ4v) is 4.29. The van der Waals surface area contributed by atoms with Crippen LogP contribution in [0.3, 0.4) is 0 Å². The van der Waals surface area contributed by atoms with E-state index in [9.17, 15) is 26.9 Å². The van der Waals surface area contributed by atoms with Crippen LogP contribution >= 0.6 is 0 Å². The molecule has 2 atom stereocenters. The van der Waals surface area contributed by atoms with E-state index in [4.69, 9.17) is 15.3 Å². The third kappa shape index (κ3) is 3.62. The van der Waals surface area contributed by atoms with Crippen LogP contribution in [0.5, 0.6) is 11.5 Å². The molecule has 2 aromatic carbocycles. The fourth-order valence-electron chi connectivity index (χ4n) is 3.03. The highest BCUT2D eigenvalue weighted by Crippen LogP contribution is 2.50. The van der Waals surface area contributed by atoms with Crippen LogP contribution in [0, 0.1) is 28.6 Å². The smallest absolute Gasteiger partial charge is 0.281 e. The summed E-state index contributed by atoms with van der Waals surface area (Å²) < 4.78 is 76.5. The molecular weight excluding hydrogens is 414 g/mol. The van der Waals surface area contributed by atoms with Gasteiger partial charge in [0.25, 0.3) is 5.92 Å². The Morgan fingerprint density at radius 2 is 2.03 bits per heavy atom. The molecular formula is C18H11F4N3O3S. The van der Waals surface area contributed by atoms with Gasteiger partial charge in [-0.1, -0.05) is 0 Å². The Kier molecular flexibility index (Phi) is 5.22. The molecule has 3 rings (SSSR count). The van der Waals surface area contributed by atoms with Gasteiger partial charge in [0.2, 0.25) is 6.19 Å². The van der Waals surface area contributed by atoms with E-state index in [0.29, 0.717) is 0 Å². The van der Waals surface area contributed by atoms with Crippen molar-refractivity contribution in [3.05, 3.63) is 52.8 Å². The number of nitriles is 2. The van der Waals surface area contributed by atoms with E-state index in [1.54, 1.807) is 6.07 Å². The minimum absolute atomic E-state index is 0.0769. The Hall–Kier alpha value is -3.15. The molecule has 2 unspecified atom stereocenters. The third-order valence-electron chi connectivity index (χ3n) is 4.27. The van der Waals surface area contributed by atoms with Crippen molar-refractivity contribution in [2.24, 2.45) is 4.36 Å². The molecule has 6 nitrogen and oxygen atoms in total. The topological polar surface area (TPSA) is 106 Å². The summed E-state index contributed by atoms with van der Waals surface area (Å²) in [6, 6.07) is 5.17. The second-order valence-corrected chi connectivity index (χ2v) is 8.25. The van der Waals surface area contributed by atoms with Gasteiger partial charge in [-0.15, -0.1) is 4.36 Å². The Balaban J connectivity index is 2.20. The van der Waals surface area contributed by atoms with E-state index < -0.39 is 50.5 Å². The lowest BCUT2D eigenvalue weighted by atomic mass is 10.1. The fraction of sp³-hybridized carbons (Fsp3) is 0.222. The summed E-state index contributed by atoms with van der Waals surface area (Å²) in [5.41, 5.74) is -0.907. The molecule has 0 aromatic heterocycles. The zero-order valence-corrected chi connectivity index (χ0v) is 15.2. The Bertz CT molecular complexity index is 1190. The van der Waals surface area contributed by atoms with Crippen LogP contribution in [-0.2, 0) is 16.1 Å². The van der Waals surface area contributed by atoms with Gasteiger partial charge in [0.05, 0.1) is 16.5 Å². The lowest BCUT2D eigenvalue weighted by Crippen LogP contribution is -2.22. The van der Waals surface area contributed by atoms with Crippen LogP contribution in [0.25, 0.3) is 0 Å². The zero-order valence-electron chi connectivity index (χ0n) is 14.4. The minimum Gasteiger partial charge on any atom is -0.457 e. The van der Waals surface area contributed by atoms with Gasteiger partial charge in [0, 0.05) is 23.6 Å². The van der Waals surface area contributed by atoms with Gasteiger partial charge in [0.1, 0.15) is 33.1 Å². The Labute approximate surface area is 162 Å². The number of hydrogen-bond donors (Lipinski definition) is 1. The van der Waals surface area contributed by atoms with Gasteiger partial charge in [0.15, 0.2) is 6.01 Å².